The summed E-state index contributed by atoms with van der Waals surface area (Å²) in [5.74, 6) is -1.45. The molecule has 2 amide bonds. The van der Waals surface area contributed by atoms with Gasteiger partial charge in [0.1, 0.15) is 36.6 Å². The first-order chi connectivity index (χ1) is 29.9. The van der Waals surface area contributed by atoms with Crippen LogP contribution in [0.2, 0.25) is 0 Å². The van der Waals surface area contributed by atoms with Gasteiger partial charge in [0.05, 0.1) is 72.2 Å². The summed E-state index contributed by atoms with van der Waals surface area (Å²) < 4.78 is 22.4. The molecule has 0 radical (unpaired) electrons. The molecule has 2 aromatic heterocycles. The molecule has 18 nitrogen and oxygen atoms in total. The van der Waals surface area contributed by atoms with Crippen LogP contribution in [0.4, 0.5) is 0 Å². The van der Waals surface area contributed by atoms with Crippen molar-refractivity contribution >= 4 is 33.9 Å². The van der Waals surface area contributed by atoms with Gasteiger partial charge in [-0.2, -0.15) is 0 Å². The molecule has 7 rings (SSSR count). The third-order valence-electron chi connectivity index (χ3n) is 10.5. The summed E-state index contributed by atoms with van der Waals surface area (Å²) in [6, 6.07) is 21.4. The van der Waals surface area contributed by atoms with Gasteiger partial charge in [-0.15, -0.1) is 13.2 Å². The number of carbonyl (C=O) groups is 2. The monoisotopic (exact) mass is 852 g/mol. The van der Waals surface area contributed by atoms with Crippen molar-refractivity contribution in [2.75, 3.05) is 13.2 Å². The summed E-state index contributed by atoms with van der Waals surface area (Å²) >= 11 is 0. The Morgan fingerprint density at radius 3 is 1.29 bits per heavy atom. The second-order valence-electron chi connectivity index (χ2n) is 14.9. The zero-order valence-electron chi connectivity index (χ0n) is 33.5. The highest BCUT2D eigenvalue weighted by Gasteiger charge is 2.49. The number of rotatable bonds is 16. The van der Waals surface area contributed by atoms with Gasteiger partial charge in [-0.05, 0) is 35.4 Å². The predicted molar refractivity (Wildman–Crippen MR) is 220 cm³/mol. The van der Waals surface area contributed by atoms with Crippen LogP contribution >= 0.6 is 0 Å². The summed E-state index contributed by atoms with van der Waals surface area (Å²) in [5.41, 5.74) is 4.56. The molecule has 6 N–H and O–H groups in total. The Morgan fingerprint density at radius 1 is 0.548 bits per heavy atom. The van der Waals surface area contributed by atoms with Crippen molar-refractivity contribution in [1.82, 2.24) is 29.7 Å². The number of nitrogens with zero attached hydrogens (tertiary/aromatic N) is 6. The fourth-order valence-electron chi connectivity index (χ4n) is 7.21. The van der Waals surface area contributed by atoms with Crippen LogP contribution in [-0.2, 0) is 54.7 Å². The Bertz CT molecular complexity index is 2190. The molecule has 0 unspecified atom stereocenters. The number of hydrogen-bond acceptors (Lipinski definition) is 16. The maximum Gasteiger partial charge on any atom is 0.255 e. The quantitative estimate of drug-likeness (QED) is 0.0746. The van der Waals surface area contributed by atoms with Crippen molar-refractivity contribution in [1.29, 1.82) is 0 Å². The number of aromatic nitrogens is 4. The van der Waals surface area contributed by atoms with Gasteiger partial charge in [-0.1, -0.05) is 60.7 Å². The number of para-hydroxylation sites is 4. The summed E-state index contributed by atoms with van der Waals surface area (Å²) in [6.45, 7) is 6.78. The molecule has 326 valence electrons. The number of aliphatic hydroxyl groups excluding tert-OH is 6. The first-order valence-electron chi connectivity index (χ1n) is 19.9. The molecule has 4 heterocycles. The highest BCUT2D eigenvalue weighted by atomic mass is 16.7. The van der Waals surface area contributed by atoms with Gasteiger partial charge in [0.25, 0.3) is 11.8 Å². The highest BCUT2D eigenvalue weighted by molar-refractivity contribution is 5.83. The molecule has 2 aliphatic rings. The van der Waals surface area contributed by atoms with E-state index in [1.54, 1.807) is 48.5 Å². The Kier molecular flexibility index (Phi) is 14.4. The van der Waals surface area contributed by atoms with E-state index >= 15 is 0 Å². The van der Waals surface area contributed by atoms with E-state index in [1.165, 1.54) is 34.3 Å². The van der Waals surface area contributed by atoms with E-state index in [0.717, 1.165) is 0 Å². The molecule has 2 fully saturated rings. The minimum absolute atomic E-state index is 0.0409. The van der Waals surface area contributed by atoms with Crippen molar-refractivity contribution in [3.8, 4) is 0 Å². The Balaban J connectivity index is 1.15. The molecular formula is C44H48N6O12. The number of aliphatic hydroxyl groups is 6. The van der Waals surface area contributed by atoms with Crippen molar-refractivity contribution < 1.29 is 59.2 Å². The zero-order valence-corrected chi connectivity index (χ0v) is 33.5. The van der Waals surface area contributed by atoms with E-state index in [0.29, 0.717) is 44.6 Å². The molecule has 2 aliphatic heterocycles. The van der Waals surface area contributed by atoms with Crippen molar-refractivity contribution in [3.05, 3.63) is 133 Å². The fourth-order valence-corrected chi connectivity index (χ4v) is 7.21. The number of benzene rings is 3. The first-order valence-corrected chi connectivity index (χ1v) is 19.9. The topological polar surface area (TPSA) is 250 Å². The third-order valence-corrected chi connectivity index (χ3v) is 10.5. The fraction of sp³-hybridized carbons (Fsp3) is 0.364. The van der Waals surface area contributed by atoms with Crippen molar-refractivity contribution in [2.24, 2.45) is 0 Å². The molecule has 0 bridgehead atoms. The molecule has 2 saturated heterocycles. The lowest BCUT2D eigenvalue weighted by Crippen LogP contribution is -2.62. The van der Waals surface area contributed by atoms with Crippen LogP contribution in [0.15, 0.2) is 111 Å². The summed E-state index contributed by atoms with van der Waals surface area (Å²) in [5, 5.41) is 64.4. The zero-order chi connectivity index (χ0) is 43.9. The average molecular weight is 853 g/mol. The molecule has 62 heavy (non-hydrogen) atoms. The van der Waals surface area contributed by atoms with Crippen LogP contribution in [-0.4, -0.2) is 147 Å². The van der Waals surface area contributed by atoms with Crippen LogP contribution in [0, 0.1) is 0 Å². The van der Waals surface area contributed by atoms with Crippen LogP contribution in [0.5, 0.6) is 0 Å². The van der Waals surface area contributed by atoms with Crippen molar-refractivity contribution in [2.45, 2.75) is 87.6 Å². The second-order valence-corrected chi connectivity index (χ2v) is 14.9. The maximum atomic E-state index is 14.3. The molecule has 18 heteroatoms. The van der Waals surface area contributed by atoms with Crippen molar-refractivity contribution in [3.63, 3.8) is 0 Å². The minimum atomic E-state index is -1.80. The molecule has 10 atom stereocenters. The second kappa shape index (κ2) is 20.0. The van der Waals surface area contributed by atoms with Gasteiger partial charge in [0, 0.05) is 13.1 Å². The first kappa shape index (κ1) is 44.4. The molecule has 5 aromatic rings. The standard InChI is InChI=1S/C44H48N6O12/c1-3-17-59-43-37(55)33(51)35(53)39(61-43)41(57)49(23-27-19-45-29-9-5-7-11-31(29)47-27)21-25-13-15-26(16-14-25)22-50(24-28-20-46-30-10-6-8-12-32(30)48-28)42(58)40-36(54)34(52)38(56)44(62-40)60-18-4-2/h3-16,19-20,33-40,43-44,51-56H,1-2,17-18,21-24H2/t33-,34-,35-,36-,37+,38+,39-,40-,43-,44-/m0/s1. The van der Waals surface area contributed by atoms with Gasteiger partial charge in [0.2, 0.25) is 0 Å². The molecular weight excluding hydrogens is 805 g/mol. The smallest absolute Gasteiger partial charge is 0.255 e. The van der Waals surface area contributed by atoms with Crippen LogP contribution in [0.25, 0.3) is 22.1 Å². The van der Waals surface area contributed by atoms with E-state index in [1.807, 2.05) is 24.3 Å². The number of ether oxygens (including phenoxy) is 4. The average Bonchev–Trinajstić information content (AvgIpc) is 3.29. The van der Waals surface area contributed by atoms with E-state index in [2.05, 4.69) is 33.1 Å². The lowest BCUT2D eigenvalue weighted by atomic mass is 9.97. The third kappa shape index (κ3) is 10.0. The Labute approximate surface area is 355 Å². The van der Waals surface area contributed by atoms with E-state index in [9.17, 15) is 40.2 Å². The van der Waals surface area contributed by atoms with Crippen LogP contribution < -0.4 is 0 Å². The van der Waals surface area contributed by atoms with Gasteiger partial charge in [-0.25, -0.2) is 9.97 Å². The van der Waals surface area contributed by atoms with E-state index in [-0.39, 0.29) is 39.4 Å². The number of hydrogen-bond donors (Lipinski definition) is 6. The van der Waals surface area contributed by atoms with Gasteiger partial charge in [-0.3, -0.25) is 19.6 Å². The lowest BCUT2D eigenvalue weighted by molar-refractivity contribution is -0.290. The minimum Gasteiger partial charge on any atom is -0.387 e. The van der Waals surface area contributed by atoms with E-state index < -0.39 is 73.2 Å². The summed E-state index contributed by atoms with van der Waals surface area (Å²) in [6.07, 6.45) is -10.7. The predicted octanol–water partition coefficient (Wildman–Crippen LogP) is 0.651. The van der Waals surface area contributed by atoms with Gasteiger partial charge < -0.3 is 59.4 Å². The van der Waals surface area contributed by atoms with Crippen LogP contribution in [0.3, 0.4) is 0 Å². The van der Waals surface area contributed by atoms with Crippen LogP contribution in [0.1, 0.15) is 22.5 Å². The number of amides is 2. The van der Waals surface area contributed by atoms with Gasteiger partial charge in [0.15, 0.2) is 24.8 Å². The number of fused-ring (bicyclic) bond motifs is 2. The Morgan fingerprint density at radius 2 is 0.919 bits per heavy atom. The Hall–Kier alpha value is -5.64. The largest absolute Gasteiger partial charge is 0.387 e. The van der Waals surface area contributed by atoms with E-state index in [4.69, 9.17) is 18.9 Å². The lowest BCUT2D eigenvalue weighted by Gasteiger charge is -2.41. The highest BCUT2D eigenvalue weighted by Crippen LogP contribution is 2.27. The molecule has 0 aliphatic carbocycles. The SMILES string of the molecule is C=CCO[C@H]1O[C@H](C(=O)N(Cc2ccc(CN(Cc3cnc4ccccc4n3)C(=O)[C@H]3O[C@H](OCC=C)[C@H](O)[C@@H](O)[C@@H]3O)cc2)Cc2cnc3ccccc3n2)[C@@H](O)[C@H](O)[C@H]1O. The maximum absolute atomic E-state index is 14.3. The number of carbonyl (C=O) groups excluding carboxylic acids is 2. The van der Waals surface area contributed by atoms with Gasteiger partial charge >= 0.3 is 0 Å². The molecule has 3 aromatic carbocycles. The summed E-state index contributed by atoms with van der Waals surface area (Å²) in [7, 11) is 0. The molecule has 0 spiro atoms. The summed E-state index contributed by atoms with van der Waals surface area (Å²) in [4.78, 5) is 49.6. The normalized spacial score (nSPS) is 26.2. The molecule has 0 saturated carbocycles.